The second kappa shape index (κ2) is 8.13. The van der Waals surface area contributed by atoms with Crippen molar-refractivity contribution in [2.45, 2.75) is 31.4 Å². The molecule has 1 unspecified atom stereocenters. The normalized spacial score (nSPS) is 23.0. The van der Waals surface area contributed by atoms with E-state index in [1.54, 1.807) is 16.6 Å². The molecule has 2 fully saturated rings. The van der Waals surface area contributed by atoms with E-state index in [2.05, 4.69) is 19.9 Å². The molecule has 3 N–H and O–H groups in total. The lowest BCUT2D eigenvalue weighted by Crippen LogP contribution is -2.29. The third-order valence-corrected chi connectivity index (χ3v) is 7.01. The molecule has 0 bridgehead atoms. The number of pyridine rings is 1. The summed E-state index contributed by atoms with van der Waals surface area (Å²) in [6, 6.07) is 4.97. The molecule has 2 aliphatic rings. The van der Waals surface area contributed by atoms with E-state index in [1.165, 1.54) is 6.07 Å². The summed E-state index contributed by atoms with van der Waals surface area (Å²) in [5.41, 5.74) is 1.40. The van der Waals surface area contributed by atoms with Gasteiger partial charge in [-0.1, -0.05) is 0 Å². The summed E-state index contributed by atoms with van der Waals surface area (Å²) >= 11 is -1.50. The molecule has 5 rings (SSSR count). The molecule has 4 heterocycles. The molecule has 3 atom stereocenters. The lowest BCUT2D eigenvalue weighted by atomic mass is 10.0. The van der Waals surface area contributed by atoms with Gasteiger partial charge in [0.25, 0.3) is 0 Å². The van der Waals surface area contributed by atoms with Crippen molar-refractivity contribution in [3.8, 4) is 0 Å². The number of aliphatic hydroxyl groups excluding tert-OH is 1. The molecule has 0 radical (unpaired) electrons. The zero-order valence-corrected chi connectivity index (χ0v) is 17.4. The Labute approximate surface area is 180 Å². The van der Waals surface area contributed by atoms with Crippen LogP contribution < -0.4 is 9.62 Å². The van der Waals surface area contributed by atoms with E-state index in [4.69, 9.17) is 0 Å². The predicted molar refractivity (Wildman–Crippen MR) is 114 cm³/mol. The minimum atomic E-state index is -1.50. The summed E-state index contributed by atoms with van der Waals surface area (Å²) in [5, 5.41) is 17.6. The Morgan fingerprint density at radius 3 is 2.90 bits per heavy atom. The number of halogens is 2. The molecular weight excluding hydrogens is 426 g/mol. The highest BCUT2D eigenvalue weighted by Crippen LogP contribution is 2.39. The van der Waals surface area contributed by atoms with Gasteiger partial charge in [-0.25, -0.2) is 22.3 Å². The van der Waals surface area contributed by atoms with E-state index >= 15 is 0 Å². The summed E-state index contributed by atoms with van der Waals surface area (Å²) in [6.45, 7) is 1.54. The van der Waals surface area contributed by atoms with Gasteiger partial charge in [-0.15, -0.1) is 0 Å². The Hall–Kier alpha value is -2.63. The molecule has 164 valence electrons. The van der Waals surface area contributed by atoms with Crippen molar-refractivity contribution in [2.24, 2.45) is 0 Å². The summed E-state index contributed by atoms with van der Waals surface area (Å²) in [7, 11) is 0. The fourth-order valence-electron chi connectivity index (χ4n) is 4.31. The largest absolute Gasteiger partial charge is 0.392 e. The molecule has 0 aliphatic carbocycles. The molecule has 31 heavy (non-hydrogen) atoms. The Kier molecular flexibility index (Phi) is 5.32. The van der Waals surface area contributed by atoms with Crippen molar-refractivity contribution in [1.82, 2.24) is 19.5 Å². The molecule has 1 aromatic carbocycles. The van der Waals surface area contributed by atoms with Gasteiger partial charge in [0.2, 0.25) is 0 Å². The van der Waals surface area contributed by atoms with Crippen LogP contribution in [0.15, 0.2) is 30.5 Å². The van der Waals surface area contributed by atoms with Crippen molar-refractivity contribution in [2.75, 3.05) is 29.3 Å². The Balaban J connectivity index is 1.44. The van der Waals surface area contributed by atoms with Gasteiger partial charge in [0, 0.05) is 25.2 Å². The van der Waals surface area contributed by atoms with Crippen molar-refractivity contribution >= 4 is 33.7 Å². The Bertz CT molecular complexity index is 1140. The zero-order chi connectivity index (χ0) is 21.5. The first kappa shape index (κ1) is 20.3. The van der Waals surface area contributed by atoms with Gasteiger partial charge < -0.3 is 10.0 Å². The fraction of sp³-hybridized carbons (Fsp3) is 0.400. The standard InChI is InChI=1S/C20H22F2N6O2S/c21-12-3-4-17(22)15(8-12)18-2-1-6-28(18)20-16-9-13(10-23-19(16)24-25-20)26-31(30)27-7-5-14(29)11-27/h3-4,8-10,14,18,26,29H,1-2,5-7,11H2,(H,23,24,25)/t14-,18+,31?/m0/s1. The van der Waals surface area contributed by atoms with Crippen LogP contribution in [0.2, 0.25) is 0 Å². The van der Waals surface area contributed by atoms with Gasteiger partial charge >= 0.3 is 0 Å². The third kappa shape index (κ3) is 3.88. The van der Waals surface area contributed by atoms with E-state index in [0.29, 0.717) is 60.6 Å². The first-order valence-corrected chi connectivity index (χ1v) is 11.3. The number of nitrogens with zero attached hydrogens (tertiary/aromatic N) is 4. The minimum Gasteiger partial charge on any atom is -0.392 e. The highest BCUT2D eigenvalue weighted by atomic mass is 32.2. The lowest BCUT2D eigenvalue weighted by Gasteiger charge is -2.25. The average Bonchev–Trinajstić information content (AvgIpc) is 3.48. The smallest absolute Gasteiger partial charge is 0.196 e. The van der Waals surface area contributed by atoms with Crippen LogP contribution in [0, 0.1) is 11.6 Å². The zero-order valence-electron chi connectivity index (χ0n) is 16.6. The van der Waals surface area contributed by atoms with Gasteiger partial charge in [-0.2, -0.15) is 5.10 Å². The van der Waals surface area contributed by atoms with Crippen LogP contribution in [0.4, 0.5) is 20.3 Å². The molecule has 8 nitrogen and oxygen atoms in total. The van der Waals surface area contributed by atoms with E-state index in [9.17, 15) is 18.1 Å². The number of aromatic nitrogens is 3. The summed E-state index contributed by atoms with van der Waals surface area (Å²) < 4.78 is 45.3. The molecular formula is C20H22F2N6O2S. The number of H-pyrrole nitrogens is 1. The van der Waals surface area contributed by atoms with Crippen LogP contribution in [0.3, 0.4) is 0 Å². The van der Waals surface area contributed by atoms with Crippen LogP contribution in [-0.4, -0.2) is 54.5 Å². The quantitative estimate of drug-likeness (QED) is 0.558. The number of hydrogen-bond acceptors (Lipinski definition) is 5. The highest BCUT2D eigenvalue weighted by molar-refractivity contribution is 7.84. The van der Waals surface area contributed by atoms with Crippen LogP contribution in [0.5, 0.6) is 0 Å². The van der Waals surface area contributed by atoms with Gasteiger partial charge in [-0.3, -0.25) is 9.82 Å². The van der Waals surface area contributed by atoms with Crippen molar-refractivity contribution < 1.29 is 18.1 Å². The third-order valence-electron chi connectivity index (χ3n) is 5.80. The Morgan fingerprint density at radius 2 is 2.10 bits per heavy atom. The maximum absolute atomic E-state index is 14.4. The summed E-state index contributed by atoms with van der Waals surface area (Å²) in [6.07, 6.45) is 3.18. The molecule has 0 saturated carbocycles. The SMILES string of the molecule is O=S(Nc1cnc2[nH]nc(N3CCC[C@@H]3c3cc(F)ccc3F)c2c1)N1CC[C@H](O)C1. The monoisotopic (exact) mass is 448 g/mol. The average molecular weight is 448 g/mol. The maximum Gasteiger partial charge on any atom is 0.196 e. The number of fused-ring (bicyclic) bond motifs is 1. The number of β-amino-alcohol motifs (C(OH)–C–C–N with tert-alkyl or cyclic N) is 1. The number of aromatic amines is 1. The van der Waals surface area contributed by atoms with Crippen molar-refractivity contribution in [3.05, 3.63) is 47.7 Å². The first-order chi connectivity index (χ1) is 15.0. The van der Waals surface area contributed by atoms with Crippen LogP contribution >= 0.6 is 0 Å². The second-order valence-electron chi connectivity index (χ2n) is 7.87. The number of hydrogen-bond donors (Lipinski definition) is 3. The molecule has 0 spiro atoms. The van der Waals surface area contributed by atoms with Gasteiger partial charge in [0.15, 0.2) is 22.6 Å². The van der Waals surface area contributed by atoms with Crippen LogP contribution in [0.1, 0.15) is 30.9 Å². The van der Waals surface area contributed by atoms with Crippen LogP contribution in [0.25, 0.3) is 11.0 Å². The molecule has 0 amide bonds. The van der Waals surface area contributed by atoms with E-state index in [0.717, 1.165) is 18.6 Å². The molecule has 2 saturated heterocycles. The topological polar surface area (TPSA) is 97.4 Å². The van der Waals surface area contributed by atoms with Gasteiger partial charge in [-0.05, 0) is 43.5 Å². The maximum atomic E-state index is 14.4. The fourth-order valence-corrected chi connectivity index (χ4v) is 5.33. The van der Waals surface area contributed by atoms with Crippen LogP contribution in [-0.2, 0) is 11.2 Å². The lowest BCUT2D eigenvalue weighted by molar-refractivity contribution is 0.190. The first-order valence-electron chi connectivity index (χ1n) is 10.2. The van der Waals surface area contributed by atoms with Gasteiger partial charge in [0.05, 0.1) is 29.4 Å². The second-order valence-corrected chi connectivity index (χ2v) is 9.09. The minimum absolute atomic E-state index is 0.310. The van der Waals surface area contributed by atoms with E-state index < -0.39 is 28.9 Å². The molecule has 3 aromatic rings. The molecule has 2 aliphatic heterocycles. The summed E-state index contributed by atoms with van der Waals surface area (Å²) in [4.78, 5) is 6.31. The summed E-state index contributed by atoms with van der Waals surface area (Å²) in [5.74, 6) is -0.320. The van der Waals surface area contributed by atoms with Crippen molar-refractivity contribution in [3.63, 3.8) is 0 Å². The number of anilines is 2. The van der Waals surface area contributed by atoms with E-state index in [-0.39, 0.29) is 6.04 Å². The van der Waals surface area contributed by atoms with Crippen molar-refractivity contribution in [1.29, 1.82) is 0 Å². The van der Waals surface area contributed by atoms with Gasteiger partial charge in [0.1, 0.15) is 11.6 Å². The Morgan fingerprint density at radius 1 is 1.23 bits per heavy atom. The molecule has 2 aromatic heterocycles. The molecule has 11 heteroatoms. The van der Waals surface area contributed by atoms with E-state index in [1.807, 2.05) is 4.90 Å². The predicted octanol–water partition coefficient (Wildman–Crippen LogP) is 2.63. The highest BCUT2D eigenvalue weighted by Gasteiger charge is 2.31. The number of aliphatic hydroxyl groups is 1. The number of rotatable bonds is 5. The number of nitrogens with one attached hydrogen (secondary N) is 2. The number of benzene rings is 1.